The topological polar surface area (TPSA) is 12.5 Å². The van der Waals surface area contributed by atoms with Gasteiger partial charge < -0.3 is 9.64 Å². The molecule has 16 heavy (non-hydrogen) atoms. The van der Waals surface area contributed by atoms with E-state index in [4.69, 9.17) is 4.74 Å². The summed E-state index contributed by atoms with van der Waals surface area (Å²) in [5, 5.41) is 0. The molecule has 0 bridgehead atoms. The monoisotopic (exact) mass is 229 g/mol. The second-order valence-corrected chi connectivity index (χ2v) is 5.58. The normalized spacial score (nSPS) is 42.2. The van der Waals surface area contributed by atoms with Crippen molar-refractivity contribution in [1.29, 1.82) is 0 Å². The van der Waals surface area contributed by atoms with Gasteiger partial charge in [-0.25, -0.2) is 4.39 Å². The quantitative estimate of drug-likeness (QED) is 0.721. The molecule has 0 radical (unpaired) electrons. The van der Waals surface area contributed by atoms with Gasteiger partial charge in [-0.2, -0.15) is 0 Å². The molecule has 2 aliphatic rings. The van der Waals surface area contributed by atoms with Gasteiger partial charge in [-0.15, -0.1) is 0 Å². The standard InChI is InChI=1S/C13H24FNO/c1-10-4-3-6-15(8-10)9-13-11(2)12(14)5-7-16-13/h10-13H,3-9H2,1-2H3/t10-,11+,12-,13-/m1/s1. The molecule has 0 amide bonds. The molecule has 2 nitrogen and oxygen atoms in total. The molecule has 2 saturated heterocycles. The number of ether oxygens (including phenoxy) is 1. The lowest BCUT2D eigenvalue weighted by molar-refractivity contribution is -0.0755. The van der Waals surface area contributed by atoms with Crippen molar-refractivity contribution in [3.8, 4) is 0 Å². The number of rotatable bonds is 2. The van der Waals surface area contributed by atoms with Gasteiger partial charge in [0.15, 0.2) is 0 Å². The van der Waals surface area contributed by atoms with Gasteiger partial charge in [0.1, 0.15) is 6.17 Å². The van der Waals surface area contributed by atoms with Gasteiger partial charge >= 0.3 is 0 Å². The van der Waals surface area contributed by atoms with E-state index in [0.717, 1.165) is 25.6 Å². The van der Waals surface area contributed by atoms with E-state index in [0.29, 0.717) is 13.0 Å². The molecule has 2 fully saturated rings. The number of hydrogen-bond acceptors (Lipinski definition) is 2. The first-order chi connectivity index (χ1) is 7.66. The van der Waals surface area contributed by atoms with Crippen molar-refractivity contribution in [2.75, 3.05) is 26.2 Å². The van der Waals surface area contributed by atoms with E-state index >= 15 is 0 Å². The third-order valence-corrected chi connectivity index (χ3v) is 4.06. The van der Waals surface area contributed by atoms with Crippen LogP contribution in [-0.2, 0) is 4.74 Å². The van der Waals surface area contributed by atoms with Crippen LogP contribution in [0.5, 0.6) is 0 Å². The fraction of sp³-hybridized carbons (Fsp3) is 1.00. The fourth-order valence-corrected chi connectivity index (χ4v) is 2.91. The van der Waals surface area contributed by atoms with Gasteiger partial charge in [-0.3, -0.25) is 0 Å². The van der Waals surface area contributed by atoms with Gasteiger partial charge in [0, 0.05) is 32.0 Å². The molecule has 2 aliphatic heterocycles. The SMILES string of the molecule is C[C@@H]1CCCN(C[C@H]2OCC[C@@H](F)[C@@H]2C)C1. The zero-order valence-corrected chi connectivity index (χ0v) is 10.5. The predicted octanol–water partition coefficient (Wildman–Crippen LogP) is 2.48. The number of hydrogen-bond donors (Lipinski definition) is 0. The summed E-state index contributed by atoms with van der Waals surface area (Å²) in [6.45, 7) is 8.13. The molecule has 0 unspecified atom stereocenters. The first-order valence-electron chi connectivity index (χ1n) is 6.65. The van der Waals surface area contributed by atoms with Gasteiger partial charge in [0.2, 0.25) is 0 Å². The van der Waals surface area contributed by atoms with E-state index in [1.807, 2.05) is 6.92 Å². The number of alkyl halides is 1. The van der Waals surface area contributed by atoms with Crippen LogP contribution in [0.2, 0.25) is 0 Å². The molecule has 2 rings (SSSR count). The lowest BCUT2D eigenvalue weighted by atomic mass is 9.93. The largest absolute Gasteiger partial charge is 0.376 e. The molecule has 2 heterocycles. The van der Waals surface area contributed by atoms with Gasteiger partial charge in [0.25, 0.3) is 0 Å². The Hall–Kier alpha value is -0.150. The summed E-state index contributed by atoms with van der Waals surface area (Å²) in [6, 6.07) is 0. The van der Waals surface area contributed by atoms with Crippen molar-refractivity contribution in [3.05, 3.63) is 0 Å². The highest BCUT2D eigenvalue weighted by molar-refractivity contribution is 4.82. The van der Waals surface area contributed by atoms with E-state index in [1.54, 1.807) is 0 Å². The second kappa shape index (κ2) is 5.46. The van der Waals surface area contributed by atoms with E-state index in [1.165, 1.54) is 12.8 Å². The minimum atomic E-state index is -0.666. The average molecular weight is 229 g/mol. The third-order valence-electron chi connectivity index (χ3n) is 4.06. The minimum Gasteiger partial charge on any atom is -0.376 e. The average Bonchev–Trinajstić information content (AvgIpc) is 2.25. The maximum absolute atomic E-state index is 13.6. The second-order valence-electron chi connectivity index (χ2n) is 5.58. The molecule has 4 atom stereocenters. The zero-order valence-electron chi connectivity index (χ0n) is 10.5. The van der Waals surface area contributed by atoms with E-state index in [2.05, 4.69) is 11.8 Å². The Balaban J connectivity index is 1.83. The summed E-state index contributed by atoms with van der Waals surface area (Å²) < 4.78 is 19.3. The minimum absolute atomic E-state index is 0.0611. The van der Waals surface area contributed by atoms with Crippen LogP contribution in [0.4, 0.5) is 4.39 Å². The van der Waals surface area contributed by atoms with Crippen LogP contribution in [-0.4, -0.2) is 43.4 Å². The van der Waals surface area contributed by atoms with Crippen molar-refractivity contribution in [3.63, 3.8) is 0 Å². The third kappa shape index (κ3) is 2.95. The molecule has 94 valence electrons. The Kier molecular flexibility index (Phi) is 4.20. The van der Waals surface area contributed by atoms with Gasteiger partial charge in [0.05, 0.1) is 6.10 Å². The number of piperidine rings is 1. The van der Waals surface area contributed by atoms with Crippen molar-refractivity contribution >= 4 is 0 Å². The van der Waals surface area contributed by atoms with E-state index in [-0.39, 0.29) is 12.0 Å². The molecule has 0 spiro atoms. The number of likely N-dealkylation sites (tertiary alicyclic amines) is 1. The molecule has 3 heteroatoms. The molecule has 0 N–H and O–H groups in total. The molecule has 0 aliphatic carbocycles. The van der Waals surface area contributed by atoms with Gasteiger partial charge in [-0.05, 0) is 25.3 Å². The Bertz CT molecular complexity index is 224. The van der Waals surface area contributed by atoms with Crippen LogP contribution in [0.15, 0.2) is 0 Å². The highest BCUT2D eigenvalue weighted by atomic mass is 19.1. The Labute approximate surface area is 98.1 Å². The highest BCUT2D eigenvalue weighted by Gasteiger charge is 2.32. The maximum Gasteiger partial charge on any atom is 0.107 e. The summed E-state index contributed by atoms with van der Waals surface area (Å²) in [5.74, 6) is 0.847. The molecule has 0 aromatic heterocycles. The van der Waals surface area contributed by atoms with E-state index in [9.17, 15) is 4.39 Å². The van der Waals surface area contributed by atoms with Crippen LogP contribution in [0, 0.1) is 11.8 Å². The lowest BCUT2D eigenvalue weighted by Crippen LogP contribution is -2.46. The van der Waals surface area contributed by atoms with Crippen molar-refractivity contribution < 1.29 is 9.13 Å². The van der Waals surface area contributed by atoms with E-state index < -0.39 is 6.17 Å². The molecule has 0 aromatic carbocycles. The van der Waals surface area contributed by atoms with Crippen LogP contribution in [0.3, 0.4) is 0 Å². The smallest absolute Gasteiger partial charge is 0.107 e. The zero-order chi connectivity index (χ0) is 11.5. The van der Waals surface area contributed by atoms with Crippen molar-refractivity contribution in [2.24, 2.45) is 11.8 Å². The first-order valence-corrected chi connectivity index (χ1v) is 6.65. The Morgan fingerprint density at radius 3 is 2.88 bits per heavy atom. The van der Waals surface area contributed by atoms with Crippen LogP contribution < -0.4 is 0 Å². The Morgan fingerprint density at radius 1 is 1.31 bits per heavy atom. The predicted molar refractivity (Wildman–Crippen MR) is 63.3 cm³/mol. The first kappa shape index (κ1) is 12.3. The van der Waals surface area contributed by atoms with Crippen molar-refractivity contribution in [2.45, 2.75) is 45.4 Å². The molecular weight excluding hydrogens is 205 g/mol. The van der Waals surface area contributed by atoms with Gasteiger partial charge in [-0.1, -0.05) is 13.8 Å². The molecular formula is C13H24FNO. The summed E-state index contributed by atoms with van der Waals surface area (Å²) in [5.41, 5.74) is 0. The molecule has 0 aromatic rings. The summed E-state index contributed by atoms with van der Waals surface area (Å²) >= 11 is 0. The number of nitrogens with zero attached hydrogens (tertiary/aromatic N) is 1. The summed E-state index contributed by atoms with van der Waals surface area (Å²) in [7, 11) is 0. The van der Waals surface area contributed by atoms with Crippen LogP contribution in [0.1, 0.15) is 33.1 Å². The summed E-state index contributed by atoms with van der Waals surface area (Å²) in [6.07, 6.45) is 2.63. The van der Waals surface area contributed by atoms with Crippen LogP contribution >= 0.6 is 0 Å². The van der Waals surface area contributed by atoms with Crippen molar-refractivity contribution in [1.82, 2.24) is 4.90 Å². The highest BCUT2D eigenvalue weighted by Crippen LogP contribution is 2.25. The lowest BCUT2D eigenvalue weighted by Gasteiger charge is -2.38. The number of halogens is 1. The van der Waals surface area contributed by atoms with Crippen LogP contribution in [0.25, 0.3) is 0 Å². The molecule has 0 saturated carbocycles. The fourth-order valence-electron chi connectivity index (χ4n) is 2.91. The maximum atomic E-state index is 13.6. The Morgan fingerprint density at radius 2 is 2.12 bits per heavy atom. The summed E-state index contributed by atoms with van der Waals surface area (Å²) in [4.78, 5) is 2.45.